The third-order valence-corrected chi connectivity index (χ3v) is 1.84. The van der Waals surface area contributed by atoms with E-state index in [2.05, 4.69) is 19.5 Å². The first kappa shape index (κ1) is 11.5. The van der Waals surface area contributed by atoms with Crippen molar-refractivity contribution in [3.63, 3.8) is 0 Å². The number of hydrazine groups is 1. The zero-order chi connectivity index (χ0) is 9.45. The SMILES string of the molecule is COP(=O)(O)OCCN=CNN. The number of aliphatic imine (C=N–C) groups is 1. The highest BCUT2D eigenvalue weighted by Crippen LogP contribution is 2.41. The van der Waals surface area contributed by atoms with Gasteiger partial charge in [-0.3, -0.25) is 14.0 Å². The summed E-state index contributed by atoms with van der Waals surface area (Å²) in [5.74, 6) is 4.85. The lowest BCUT2D eigenvalue weighted by molar-refractivity contribution is 0.177. The van der Waals surface area contributed by atoms with Gasteiger partial charge in [0.05, 0.1) is 19.5 Å². The third kappa shape index (κ3) is 6.26. The fraction of sp³-hybridized carbons (Fsp3) is 0.750. The molecule has 0 radical (unpaired) electrons. The van der Waals surface area contributed by atoms with Crippen molar-refractivity contribution < 1.29 is 18.5 Å². The molecule has 0 fully saturated rings. The monoisotopic (exact) mass is 197 g/mol. The van der Waals surface area contributed by atoms with E-state index in [-0.39, 0.29) is 13.2 Å². The Morgan fingerprint density at radius 1 is 1.83 bits per heavy atom. The third-order valence-electron chi connectivity index (χ3n) is 0.871. The lowest BCUT2D eigenvalue weighted by Gasteiger charge is -2.06. The van der Waals surface area contributed by atoms with E-state index in [9.17, 15) is 4.57 Å². The van der Waals surface area contributed by atoms with Crippen molar-refractivity contribution in [1.82, 2.24) is 5.43 Å². The summed E-state index contributed by atoms with van der Waals surface area (Å²) in [5.41, 5.74) is 2.17. The van der Waals surface area contributed by atoms with Gasteiger partial charge in [-0.1, -0.05) is 0 Å². The summed E-state index contributed by atoms with van der Waals surface area (Å²) < 4.78 is 19.2. The highest BCUT2D eigenvalue weighted by Gasteiger charge is 2.16. The van der Waals surface area contributed by atoms with Crippen LogP contribution in [0.4, 0.5) is 0 Å². The van der Waals surface area contributed by atoms with Gasteiger partial charge in [0.2, 0.25) is 0 Å². The molecule has 12 heavy (non-hydrogen) atoms. The largest absolute Gasteiger partial charge is 0.471 e. The van der Waals surface area contributed by atoms with Gasteiger partial charge in [0, 0.05) is 7.11 Å². The van der Waals surface area contributed by atoms with Gasteiger partial charge >= 0.3 is 7.82 Å². The van der Waals surface area contributed by atoms with Gasteiger partial charge in [-0.05, 0) is 0 Å². The van der Waals surface area contributed by atoms with E-state index in [0.29, 0.717) is 0 Å². The lowest BCUT2D eigenvalue weighted by atomic mass is 10.7. The molecule has 0 bridgehead atoms. The van der Waals surface area contributed by atoms with Crippen LogP contribution in [0, 0.1) is 0 Å². The minimum Gasteiger partial charge on any atom is -0.315 e. The maximum Gasteiger partial charge on any atom is 0.471 e. The van der Waals surface area contributed by atoms with Crippen LogP contribution >= 0.6 is 7.82 Å². The van der Waals surface area contributed by atoms with E-state index >= 15 is 0 Å². The minimum atomic E-state index is -3.85. The Balaban J connectivity index is 3.43. The summed E-state index contributed by atoms with van der Waals surface area (Å²) in [6.45, 7) is 0.234. The number of hydrogen-bond donors (Lipinski definition) is 3. The molecule has 0 aliphatic rings. The van der Waals surface area contributed by atoms with Crippen molar-refractivity contribution in [2.45, 2.75) is 0 Å². The van der Waals surface area contributed by atoms with E-state index in [0.717, 1.165) is 7.11 Å². The van der Waals surface area contributed by atoms with Gasteiger partial charge in [-0.2, -0.15) is 0 Å². The van der Waals surface area contributed by atoms with Crippen LogP contribution in [0.2, 0.25) is 0 Å². The van der Waals surface area contributed by atoms with Crippen LogP contribution in [0.25, 0.3) is 0 Å². The standard InChI is InChI=1S/C4H12N3O4P/c1-10-12(8,9)11-3-2-6-4-7-5/h4H,2-3,5H2,1H3,(H,6,7)(H,8,9). The van der Waals surface area contributed by atoms with Crippen LogP contribution in [-0.4, -0.2) is 31.5 Å². The van der Waals surface area contributed by atoms with Gasteiger partial charge in [0.25, 0.3) is 0 Å². The molecule has 0 heterocycles. The van der Waals surface area contributed by atoms with Crippen LogP contribution in [0.1, 0.15) is 0 Å². The molecule has 1 unspecified atom stereocenters. The number of phosphoric ester groups is 1. The number of nitrogens with two attached hydrogens (primary N) is 1. The van der Waals surface area contributed by atoms with E-state index < -0.39 is 7.82 Å². The molecule has 8 heteroatoms. The first-order chi connectivity index (χ1) is 5.62. The predicted octanol–water partition coefficient (Wildman–Crippen LogP) is -0.759. The summed E-state index contributed by atoms with van der Waals surface area (Å²) in [6.07, 6.45) is 1.25. The molecule has 0 saturated carbocycles. The summed E-state index contributed by atoms with van der Waals surface area (Å²) in [4.78, 5) is 12.4. The molecule has 0 spiro atoms. The van der Waals surface area contributed by atoms with Crippen molar-refractivity contribution in [3.05, 3.63) is 0 Å². The molecule has 0 amide bonds. The number of phosphoric acid groups is 1. The average molecular weight is 197 g/mol. The Morgan fingerprint density at radius 3 is 3.00 bits per heavy atom. The van der Waals surface area contributed by atoms with E-state index in [1.54, 1.807) is 0 Å². The molecular formula is C4H12N3O4P. The average Bonchev–Trinajstić information content (AvgIpc) is 2.04. The van der Waals surface area contributed by atoms with Crippen LogP contribution in [-0.2, 0) is 13.6 Å². The van der Waals surface area contributed by atoms with Gasteiger partial charge in [-0.15, -0.1) is 0 Å². The second-order valence-electron chi connectivity index (χ2n) is 1.69. The van der Waals surface area contributed by atoms with Gasteiger partial charge < -0.3 is 10.3 Å². The van der Waals surface area contributed by atoms with Crippen molar-refractivity contribution in [3.8, 4) is 0 Å². The Kier molecular flexibility index (Phi) is 5.87. The molecule has 0 aromatic rings. The Bertz CT molecular complexity index is 185. The van der Waals surface area contributed by atoms with Crippen LogP contribution in [0.5, 0.6) is 0 Å². The quantitative estimate of drug-likeness (QED) is 0.129. The molecule has 0 aromatic carbocycles. The first-order valence-electron chi connectivity index (χ1n) is 3.10. The number of nitrogens with zero attached hydrogens (tertiary/aromatic N) is 1. The highest BCUT2D eigenvalue weighted by molar-refractivity contribution is 7.47. The highest BCUT2D eigenvalue weighted by atomic mass is 31.2. The second kappa shape index (κ2) is 6.10. The van der Waals surface area contributed by atoms with Gasteiger partial charge in [0.1, 0.15) is 0 Å². The molecule has 0 rings (SSSR count). The zero-order valence-electron chi connectivity index (χ0n) is 6.64. The molecule has 72 valence electrons. The topological polar surface area (TPSA) is 106 Å². The number of rotatable bonds is 6. The molecule has 4 N–H and O–H groups in total. The molecule has 1 atom stereocenters. The van der Waals surface area contributed by atoms with Gasteiger partial charge in [0.15, 0.2) is 0 Å². The molecule has 0 aliphatic heterocycles. The number of hydrogen-bond acceptors (Lipinski definition) is 5. The first-order valence-corrected chi connectivity index (χ1v) is 4.59. The van der Waals surface area contributed by atoms with E-state index in [1.807, 2.05) is 0 Å². The van der Waals surface area contributed by atoms with Crippen molar-refractivity contribution >= 4 is 14.2 Å². The molecule has 0 saturated heterocycles. The maximum atomic E-state index is 10.6. The van der Waals surface area contributed by atoms with Gasteiger partial charge in [-0.25, -0.2) is 10.4 Å². The smallest absolute Gasteiger partial charge is 0.315 e. The van der Waals surface area contributed by atoms with Crippen molar-refractivity contribution in [2.24, 2.45) is 10.8 Å². The molecule has 7 nitrogen and oxygen atoms in total. The summed E-state index contributed by atoms with van der Waals surface area (Å²) in [7, 11) is -2.76. The van der Waals surface area contributed by atoms with Crippen LogP contribution in [0.3, 0.4) is 0 Å². The van der Waals surface area contributed by atoms with Crippen LogP contribution < -0.4 is 11.3 Å². The van der Waals surface area contributed by atoms with Crippen LogP contribution in [0.15, 0.2) is 4.99 Å². The second-order valence-corrected chi connectivity index (χ2v) is 3.25. The Hall–Kier alpha value is -0.460. The normalized spacial score (nSPS) is 16.2. The Labute approximate surface area is 70.2 Å². The lowest BCUT2D eigenvalue weighted by Crippen LogP contribution is -2.19. The number of nitrogens with one attached hydrogen (secondary N) is 1. The molecular weight excluding hydrogens is 185 g/mol. The minimum absolute atomic E-state index is 0.000201. The fourth-order valence-electron chi connectivity index (χ4n) is 0.379. The molecule has 0 aliphatic carbocycles. The summed E-state index contributed by atoms with van der Waals surface area (Å²) in [5, 5.41) is 0. The Morgan fingerprint density at radius 2 is 2.50 bits per heavy atom. The summed E-state index contributed by atoms with van der Waals surface area (Å²) in [6, 6.07) is 0. The maximum absolute atomic E-state index is 10.6. The van der Waals surface area contributed by atoms with Crippen molar-refractivity contribution in [2.75, 3.05) is 20.3 Å². The zero-order valence-corrected chi connectivity index (χ0v) is 7.53. The van der Waals surface area contributed by atoms with E-state index in [4.69, 9.17) is 10.7 Å². The predicted molar refractivity (Wildman–Crippen MR) is 43.5 cm³/mol. The van der Waals surface area contributed by atoms with E-state index in [1.165, 1.54) is 6.34 Å². The summed E-state index contributed by atoms with van der Waals surface area (Å²) >= 11 is 0. The fourth-order valence-corrected chi connectivity index (χ4v) is 0.797. The molecule has 0 aromatic heterocycles. The van der Waals surface area contributed by atoms with Crippen molar-refractivity contribution in [1.29, 1.82) is 0 Å².